The predicted molar refractivity (Wildman–Crippen MR) is 121 cm³/mol. The van der Waals surface area contributed by atoms with Crippen LogP contribution in [0.1, 0.15) is 43.0 Å². The van der Waals surface area contributed by atoms with Crippen molar-refractivity contribution in [2.75, 3.05) is 53.4 Å². The molecular weight excluding hydrogens is 402 g/mol. The summed E-state index contributed by atoms with van der Waals surface area (Å²) in [5, 5.41) is 0. The van der Waals surface area contributed by atoms with Crippen molar-refractivity contribution < 1.29 is 14.3 Å². The molecule has 2 heterocycles. The summed E-state index contributed by atoms with van der Waals surface area (Å²) in [5.74, 6) is 2.23. The second-order valence-electron chi connectivity index (χ2n) is 8.41. The van der Waals surface area contributed by atoms with Gasteiger partial charge in [-0.25, -0.2) is 0 Å². The first kappa shape index (κ1) is 24.5. The number of carbonyl (C=O) groups is 2. The molecule has 2 saturated heterocycles. The van der Waals surface area contributed by atoms with Crippen molar-refractivity contribution in [3.8, 4) is 5.75 Å². The van der Waals surface area contributed by atoms with Crippen LogP contribution in [0, 0.1) is 11.8 Å². The monoisotopic (exact) mass is 437 g/mol. The molecule has 0 bridgehead atoms. The molecule has 1 aromatic rings. The third-order valence-electron chi connectivity index (χ3n) is 6.65. The molecule has 2 fully saturated rings. The zero-order valence-corrected chi connectivity index (χ0v) is 19.3. The quantitative estimate of drug-likeness (QED) is 0.686. The Morgan fingerprint density at radius 3 is 2.03 bits per heavy atom. The smallest absolute Gasteiger partial charge is 0.254 e. The van der Waals surface area contributed by atoms with Gasteiger partial charge in [-0.1, -0.05) is 0 Å². The number of benzene rings is 1. The number of nitrogens with zero attached hydrogens (tertiary/aromatic N) is 3. The lowest BCUT2D eigenvalue weighted by molar-refractivity contribution is -0.133. The Bertz CT molecular complexity index is 681. The summed E-state index contributed by atoms with van der Waals surface area (Å²) >= 11 is 0. The lowest BCUT2D eigenvalue weighted by Crippen LogP contribution is -2.47. The first-order valence-electron chi connectivity index (χ1n) is 10.9. The van der Waals surface area contributed by atoms with Crippen LogP contribution >= 0.6 is 12.4 Å². The number of likely N-dealkylation sites (tertiary alicyclic amines) is 2. The fourth-order valence-corrected chi connectivity index (χ4v) is 4.63. The number of ether oxygens (including phenoxy) is 1. The molecule has 1 aromatic carbocycles. The Hall–Kier alpha value is -1.79. The van der Waals surface area contributed by atoms with Gasteiger partial charge in [0.15, 0.2) is 0 Å². The Labute approximate surface area is 186 Å². The maximum absolute atomic E-state index is 12.8. The van der Waals surface area contributed by atoms with E-state index in [9.17, 15) is 9.59 Å². The molecule has 0 radical (unpaired) electrons. The first-order chi connectivity index (χ1) is 14.0. The summed E-state index contributed by atoms with van der Waals surface area (Å²) in [4.78, 5) is 31.6. The number of carbonyl (C=O) groups excluding carboxylic acids is 2. The highest BCUT2D eigenvalue weighted by Gasteiger charge is 2.31. The highest BCUT2D eigenvalue weighted by atomic mass is 35.5. The molecule has 7 heteroatoms. The SMILES string of the molecule is CCN(CC(=O)N1CCC(C2CCN(C)CC2)CC1)C(=O)c1ccc(OC)cc1.Cl. The zero-order valence-electron chi connectivity index (χ0n) is 18.5. The van der Waals surface area contributed by atoms with Crippen LogP contribution in [-0.4, -0.2) is 79.9 Å². The van der Waals surface area contributed by atoms with Crippen LogP contribution in [0.5, 0.6) is 5.75 Å². The Balaban J connectivity index is 0.00000320. The van der Waals surface area contributed by atoms with Gasteiger partial charge < -0.3 is 19.4 Å². The number of hydrogen-bond donors (Lipinski definition) is 0. The number of rotatable bonds is 6. The molecule has 6 nitrogen and oxygen atoms in total. The van der Waals surface area contributed by atoms with Crippen molar-refractivity contribution in [3.63, 3.8) is 0 Å². The van der Waals surface area contributed by atoms with E-state index in [4.69, 9.17) is 4.74 Å². The molecular formula is C23H36ClN3O3. The summed E-state index contributed by atoms with van der Waals surface area (Å²) in [5.41, 5.74) is 0.585. The minimum absolute atomic E-state index is 0. The van der Waals surface area contributed by atoms with Crippen molar-refractivity contribution in [3.05, 3.63) is 29.8 Å². The largest absolute Gasteiger partial charge is 0.497 e. The summed E-state index contributed by atoms with van der Waals surface area (Å²) in [6.45, 7) is 6.63. The number of hydrogen-bond acceptors (Lipinski definition) is 4. The topological polar surface area (TPSA) is 53.1 Å². The zero-order chi connectivity index (χ0) is 20.8. The maximum Gasteiger partial charge on any atom is 0.254 e. The van der Waals surface area contributed by atoms with Gasteiger partial charge >= 0.3 is 0 Å². The van der Waals surface area contributed by atoms with Crippen LogP contribution in [0.3, 0.4) is 0 Å². The van der Waals surface area contributed by atoms with E-state index in [0.717, 1.165) is 37.8 Å². The minimum atomic E-state index is -0.107. The van der Waals surface area contributed by atoms with Crippen molar-refractivity contribution in [1.82, 2.24) is 14.7 Å². The average Bonchev–Trinajstić information content (AvgIpc) is 2.77. The van der Waals surface area contributed by atoms with Crippen LogP contribution in [0.2, 0.25) is 0 Å². The Morgan fingerprint density at radius 2 is 1.53 bits per heavy atom. The molecule has 0 unspecified atom stereocenters. The fourth-order valence-electron chi connectivity index (χ4n) is 4.63. The maximum atomic E-state index is 12.8. The summed E-state index contributed by atoms with van der Waals surface area (Å²) in [6, 6.07) is 7.05. The van der Waals surface area contributed by atoms with E-state index in [1.807, 2.05) is 11.8 Å². The Morgan fingerprint density at radius 1 is 1.00 bits per heavy atom. The molecule has 2 aliphatic heterocycles. The van der Waals surface area contributed by atoms with Gasteiger partial charge in [-0.2, -0.15) is 0 Å². The van der Waals surface area contributed by atoms with E-state index >= 15 is 0 Å². The highest BCUT2D eigenvalue weighted by Crippen LogP contribution is 2.32. The van der Waals surface area contributed by atoms with Crippen LogP contribution in [0.25, 0.3) is 0 Å². The molecule has 2 aliphatic rings. The van der Waals surface area contributed by atoms with Gasteiger partial charge in [0.1, 0.15) is 12.3 Å². The van der Waals surface area contributed by atoms with Crippen LogP contribution in [0.4, 0.5) is 0 Å². The van der Waals surface area contributed by atoms with E-state index in [1.165, 1.54) is 25.9 Å². The number of halogens is 1. The summed E-state index contributed by atoms with van der Waals surface area (Å²) < 4.78 is 5.15. The molecule has 168 valence electrons. The van der Waals surface area contributed by atoms with Crippen molar-refractivity contribution >= 4 is 24.2 Å². The molecule has 0 aromatic heterocycles. The molecule has 2 amide bonds. The van der Waals surface area contributed by atoms with Crippen LogP contribution in [-0.2, 0) is 4.79 Å². The molecule has 0 saturated carbocycles. The van der Waals surface area contributed by atoms with Gasteiger partial charge in [0.05, 0.1) is 7.11 Å². The van der Waals surface area contributed by atoms with Gasteiger partial charge in [0.25, 0.3) is 5.91 Å². The lowest BCUT2D eigenvalue weighted by Gasteiger charge is -2.39. The van der Waals surface area contributed by atoms with E-state index in [2.05, 4.69) is 11.9 Å². The lowest BCUT2D eigenvalue weighted by atomic mass is 9.79. The molecule has 0 spiro atoms. The second kappa shape index (κ2) is 11.6. The van der Waals surface area contributed by atoms with Crippen molar-refractivity contribution in [2.24, 2.45) is 11.8 Å². The van der Waals surface area contributed by atoms with Crippen LogP contribution < -0.4 is 4.74 Å². The summed E-state index contributed by atoms with van der Waals surface area (Å²) in [6.07, 6.45) is 4.77. The van der Waals surface area contributed by atoms with Gasteiger partial charge in [0, 0.05) is 25.2 Å². The molecule has 0 aliphatic carbocycles. The average molecular weight is 438 g/mol. The first-order valence-corrected chi connectivity index (χ1v) is 10.9. The van der Waals surface area contributed by atoms with Crippen molar-refractivity contribution in [2.45, 2.75) is 32.6 Å². The van der Waals surface area contributed by atoms with E-state index in [1.54, 1.807) is 36.3 Å². The van der Waals surface area contributed by atoms with E-state index in [-0.39, 0.29) is 30.8 Å². The molecule has 0 N–H and O–H groups in total. The van der Waals surface area contributed by atoms with Crippen LogP contribution in [0.15, 0.2) is 24.3 Å². The third kappa shape index (κ3) is 6.11. The number of methoxy groups -OCH3 is 1. The normalized spacial score (nSPS) is 18.6. The van der Waals surface area contributed by atoms with Gasteiger partial charge in [-0.15, -0.1) is 12.4 Å². The van der Waals surface area contributed by atoms with E-state index in [0.29, 0.717) is 17.9 Å². The minimum Gasteiger partial charge on any atom is -0.497 e. The summed E-state index contributed by atoms with van der Waals surface area (Å²) in [7, 11) is 3.80. The molecule has 3 rings (SSSR count). The van der Waals surface area contributed by atoms with Gasteiger partial charge in [0.2, 0.25) is 5.91 Å². The highest BCUT2D eigenvalue weighted by molar-refractivity contribution is 5.96. The van der Waals surface area contributed by atoms with E-state index < -0.39 is 0 Å². The fraction of sp³-hybridized carbons (Fsp3) is 0.652. The Kier molecular flexibility index (Phi) is 9.43. The third-order valence-corrected chi connectivity index (χ3v) is 6.65. The molecule has 0 atom stereocenters. The standard InChI is InChI=1S/C23H35N3O3.ClH/c1-4-25(23(28)20-5-7-21(29-3)8-6-20)17-22(27)26-15-11-19(12-16-26)18-9-13-24(2)14-10-18;/h5-8,18-19H,4,9-17H2,1-3H3;1H. The number of piperidine rings is 2. The number of likely N-dealkylation sites (N-methyl/N-ethyl adjacent to an activating group) is 1. The van der Waals surface area contributed by atoms with Crippen molar-refractivity contribution in [1.29, 1.82) is 0 Å². The number of amides is 2. The van der Waals surface area contributed by atoms with Gasteiger partial charge in [-0.3, -0.25) is 9.59 Å². The predicted octanol–water partition coefficient (Wildman–Crippen LogP) is 3.16. The second-order valence-corrected chi connectivity index (χ2v) is 8.41. The van der Waals surface area contributed by atoms with Gasteiger partial charge in [-0.05, 0) is 88.8 Å². The molecule has 30 heavy (non-hydrogen) atoms.